The van der Waals surface area contributed by atoms with Crippen LogP contribution in [0.2, 0.25) is 0 Å². The van der Waals surface area contributed by atoms with Gasteiger partial charge in [0.2, 0.25) is 0 Å². The Morgan fingerprint density at radius 1 is 1.83 bits per heavy atom. The molecule has 0 radical (unpaired) electrons. The average molecular weight is 83.1 g/mol. The minimum absolute atomic E-state index is 1.11. The molecule has 0 aromatic heterocycles. The molecule has 34 valence electrons. The third kappa shape index (κ3) is 0.402. The lowest BCUT2D eigenvalue weighted by Crippen LogP contribution is -1.76. The monoisotopic (exact) mass is 83.1 g/mol. The molecular formula is C5H9N. The standard InChI is InChI=1S/C5H9N/c1-2-4-3-5(4)6/h2-3,6H2,1H3. The fraction of sp³-hybridized carbons (Fsp3) is 0.600. The van der Waals surface area contributed by atoms with Crippen molar-refractivity contribution in [1.82, 2.24) is 0 Å². The molecule has 0 spiro atoms. The van der Waals surface area contributed by atoms with Gasteiger partial charge in [-0.05, 0) is 12.0 Å². The summed E-state index contributed by atoms with van der Waals surface area (Å²) in [5, 5.41) is 0. The number of nitrogens with two attached hydrogens (primary N) is 1. The molecule has 1 rings (SSSR count). The van der Waals surface area contributed by atoms with Crippen LogP contribution in [0, 0.1) is 0 Å². The summed E-state index contributed by atoms with van der Waals surface area (Å²) in [5.41, 5.74) is 7.93. The van der Waals surface area contributed by atoms with Crippen molar-refractivity contribution in [2.45, 2.75) is 19.8 Å². The summed E-state index contributed by atoms with van der Waals surface area (Å²) in [7, 11) is 0. The lowest BCUT2D eigenvalue weighted by Gasteiger charge is -1.67. The van der Waals surface area contributed by atoms with Gasteiger partial charge >= 0.3 is 0 Å². The Balaban J connectivity index is 2.38. The molecule has 0 fully saturated rings. The third-order valence-electron chi connectivity index (χ3n) is 1.16. The molecule has 0 bridgehead atoms. The molecule has 6 heavy (non-hydrogen) atoms. The van der Waals surface area contributed by atoms with E-state index in [-0.39, 0.29) is 0 Å². The molecule has 1 nitrogen and oxygen atoms in total. The maximum Gasteiger partial charge on any atom is 0.0118 e. The Bertz CT molecular complexity index is 92.1. The molecule has 0 atom stereocenters. The van der Waals surface area contributed by atoms with Crippen molar-refractivity contribution in [2.75, 3.05) is 0 Å². The van der Waals surface area contributed by atoms with E-state index < -0.39 is 0 Å². The molecule has 1 aliphatic carbocycles. The third-order valence-corrected chi connectivity index (χ3v) is 1.16. The van der Waals surface area contributed by atoms with Gasteiger partial charge in [-0.25, -0.2) is 0 Å². The van der Waals surface area contributed by atoms with Gasteiger partial charge in [-0.15, -0.1) is 0 Å². The summed E-state index contributed by atoms with van der Waals surface area (Å²) in [6, 6.07) is 0. The van der Waals surface area contributed by atoms with E-state index in [1.807, 2.05) is 0 Å². The van der Waals surface area contributed by atoms with Crippen molar-refractivity contribution in [2.24, 2.45) is 5.73 Å². The van der Waals surface area contributed by atoms with Crippen molar-refractivity contribution in [1.29, 1.82) is 0 Å². The second-order valence-electron chi connectivity index (χ2n) is 1.66. The highest BCUT2D eigenvalue weighted by atomic mass is 14.6. The maximum atomic E-state index is 5.36. The van der Waals surface area contributed by atoms with E-state index >= 15 is 0 Å². The molecule has 0 amide bonds. The van der Waals surface area contributed by atoms with Crippen LogP contribution < -0.4 is 5.73 Å². The highest BCUT2D eigenvalue weighted by Gasteiger charge is 2.13. The SMILES string of the molecule is CCC1=C(N)C1. The van der Waals surface area contributed by atoms with Crippen molar-refractivity contribution in [3.8, 4) is 0 Å². The minimum Gasteiger partial charge on any atom is -0.402 e. The second-order valence-corrected chi connectivity index (χ2v) is 1.66. The van der Waals surface area contributed by atoms with E-state index in [0.29, 0.717) is 0 Å². The molecule has 2 N–H and O–H groups in total. The number of hydrogen-bond donors (Lipinski definition) is 1. The van der Waals surface area contributed by atoms with Crippen molar-refractivity contribution in [3.63, 3.8) is 0 Å². The first kappa shape index (κ1) is 3.72. The van der Waals surface area contributed by atoms with E-state index in [9.17, 15) is 0 Å². The largest absolute Gasteiger partial charge is 0.402 e. The van der Waals surface area contributed by atoms with E-state index in [0.717, 1.165) is 18.5 Å². The summed E-state index contributed by atoms with van der Waals surface area (Å²) in [6.07, 6.45) is 2.27. The molecule has 0 aromatic rings. The zero-order valence-corrected chi connectivity index (χ0v) is 3.99. The second kappa shape index (κ2) is 1.00. The smallest absolute Gasteiger partial charge is 0.0118 e. The molecule has 0 heterocycles. The van der Waals surface area contributed by atoms with Gasteiger partial charge in [0, 0.05) is 12.1 Å². The fourth-order valence-corrected chi connectivity index (χ4v) is 0.538. The first-order chi connectivity index (χ1) is 2.84. The minimum atomic E-state index is 1.11. The van der Waals surface area contributed by atoms with Crippen LogP contribution in [0.25, 0.3) is 0 Å². The first-order valence-electron chi connectivity index (χ1n) is 2.31. The molecular weight excluding hydrogens is 74.1 g/mol. The lowest BCUT2D eigenvalue weighted by atomic mass is 10.4. The Hall–Kier alpha value is -0.460. The van der Waals surface area contributed by atoms with Crippen LogP contribution in [-0.2, 0) is 0 Å². The lowest BCUT2D eigenvalue weighted by molar-refractivity contribution is 1.15. The quantitative estimate of drug-likeness (QED) is 0.503. The molecule has 1 heteroatoms. The molecule has 0 saturated heterocycles. The highest BCUT2D eigenvalue weighted by molar-refractivity contribution is 5.31. The van der Waals surface area contributed by atoms with Gasteiger partial charge in [0.05, 0.1) is 0 Å². The van der Waals surface area contributed by atoms with Crippen LogP contribution in [0.3, 0.4) is 0 Å². The van der Waals surface area contributed by atoms with Gasteiger partial charge in [0.25, 0.3) is 0 Å². The van der Waals surface area contributed by atoms with E-state index in [2.05, 4.69) is 6.92 Å². The van der Waals surface area contributed by atoms with Crippen LogP contribution in [0.5, 0.6) is 0 Å². The zero-order valence-electron chi connectivity index (χ0n) is 3.99. The summed E-state index contributed by atoms with van der Waals surface area (Å²) in [4.78, 5) is 0. The normalized spacial score (nSPS) is 18.8. The van der Waals surface area contributed by atoms with Gasteiger partial charge < -0.3 is 5.73 Å². The van der Waals surface area contributed by atoms with Crippen molar-refractivity contribution >= 4 is 0 Å². The van der Waals surface area contributed by atoms with Gasteiger partial charge in [0.1, 0.15) is 0 Å². The first-order valence-corrected chi connectivity index (χ1v) is 2.31. The maximum absolute atomic E-state index is 5.36. The Labute approximate surface area is 37.8 Å². The van der Waals surface area contributed by atoms with Crippen LogP contribution in [0.4, 0.5) is 0 Å². The van der Waals surface area contributed by atoms with Crippen molar-refractivity contribution < 1.29 is 0 Å². The molecule has 0 aliphatic heterocycles. The number of rotatable bonds is 1. The highest BCUT2D eigenvalue weighted by Crippen LogP contribution is 2.27. The van der Waals surface area contributed by atoms with Crippen LogP contribution >= 0.6 is 0 Å². The van der Waals surface area contributed by atoms with Crippen molar-refractivity contribution in [3.05, 3.63) is 11.3 Å². The molecule has 0 aromatic carbocycles. The van der Waals surface area contributed by atoms with E-state index in [1.54, 1.807) is 0 Å². The van der Waals surface area contributed by atoms with Gasteiger partial charge in [0.15, 0.2) is 0 Å². The number of hydrogen-bond acceptors (Lipinski definition) is 1. The van der Waals surface area contributed by atoms with E-state index in [1.165, 1.54) is 5.57 Å². The zero-order chi connectivity index (χ0) is 4.57. The summed E-state index contributed by atoms with van der Waals surface area (Å²) in [5.74, 6) is 0. The Morgan fingerprint density at radius 3 is 2.33 bits per heavy atom. The predicted molar refractivity (Wildman–Crippen MR) is 26.1 cm³/mol. The summed E-state index contributed by atoms with van der Waals surface area (Å²) >= 11 is 0. The topological polar surface area (TPSA) is 26.0 Å². The fourth-order valence-electron chi connectivity index (χ4n) is 0.538. The molecule has 0 saturated carbocycles. The van der Waals surface area contributed by atoms with Gasteiger partial charge in [-0.2, -0.15) is 0 Å². The number of allylic oxidation sites excluding steroid dienone is 2. The van der Waals surface area contributed by atoms with Crippen LogP contribution in [0.1, 0.15) is 19.8 Å². The summed E-state index contributed by atoms with van der Waals surface area (Å²) < 4.78 is 0. The molecule has 0 unspecified atom stereocenters. The summed E-state index contributed by atoms with van der Waals surface area (Å²) in [6.45, 7) is 2.13. The average Bonchev–Trinajstić information content (AvgIpc) is 2.19. The van der Waals surface area contributed by atoms with Gasteiger partial charge in [-0.3, -0.25) is 0 Å². The predicted octanol–water partition coefficient (Wildman–Crippen LogP) is 1.01. The van der Waals surface area contributed by atoms with Crippen LogP contribution in [0.15, 0.2) is 11.3 Å². The van der Waals surface area contributed by atoms with Gasteiger partial charge in [-0.1, -0.05) is 6.92 Å². The Kier molecular flexibility index (Phi) is 0.621. The molecule has 1 aliphatic rings. The Morgan fingerprint density at radius 2 is 2.33 bits per heavy atom. The van der Waals surface area contributed by atoms with E-state index in [4.69, 9.17) is 5.73 Å². The van der Waals surface area contributed by atoms with Crippen LogP contribution in [-0.4, -0.2) is 0 Å².